The van der Waals surface area contributed by atoms with E-state index in [0.717, 1.165) is 16.8 Å². The highest BCUT2D eigenvalue weighted by atomic mass is 127. The van der Waals surface area contributed by atoms with Gasteiger partial charge in [0, 0.05) is 17.0 Å². The lowest BCUT2D eigenvalue weighted by atomic mass is 9.95. The summed E-state index contributed by atoms with van der Waals surface area (Å²) >= 11 is 2.49. The van der Waals surface area contributed by atoms with E-state index in [0.29, 0.717) is 6.04 Å². The van der Waals surface area contributed by atoms with Crippen molar-refractivity contribution in [2.75, 3.05) is 7.05 Å². The molecule has 0 aliphatic heterocycles. The highest BCUT2D eigenvalue weighted by molar-refractivity contribution is 14.1. The molecule has 0 spiro atoms. The van der Waals surface area contributed by atoms with Crippen LogP contribution in [0.15, 0.2) is 0 Å². The Morgan fingerprint density at radius 2 is 1.80 bits per heavy atom. The van der Waals surface area contributed by atoms with E-state index in [4.69, 9.17) is 5.21 Å². The molecule has 1 rings (SSSR count). The Hall–Kier alpha value is 0.650. The van der Waals surface area contributed by atoms with Gasteiger partial charge >= 0.3 is 0 Å². The van der Waals surface area contributed by atoms with Gasteiger partial charge in [-0.2, -0.15) is 5.06 Å². The Labute approximate surface area is 75.7 Å². The highest BCUT2D eigenvalue weighted by Crippen LogP contribution is 2.26. The van der Waals surface area contributed by atoms with Crippen molar-refractivity contribution in [1.82, 2.24) is 5.06 Å². The largest absolute Gasteiger partial charge is 0.314 e. The van der Waals surface area contributed by atoms with Crippen LogP contribution in [0.4, 0.5) is 0 Å². The molecule has 2 nitrogen and oxygen atoms in total. The number of hydroxylamine groups is 2. The number of rotatable bonds is 1. The molecule has 0 aromatic carbocycles. The molecule has 0 aromatic heterocycles. The van der Waals surface area contributed by atoms with Gasteiger partial charge in [-0.1, -0.05) is 22.6 Å². The van der Waals surface area contributed by atoms with Crippen molar-refractivity contribution in [1.29, 1.82) is 0 Å². The minimum atomic E-state index is 0.422. The van der Waals surface area contributed by atoms with Gasteiger partial charge in [0.1, 0.15) is 0 Å². The van der Waals surface area contributed by atoms with Crippen molar-refractivity contribution in [3.05, 3.63) is 0 Å². The van der Waals surface area contributed by atoms with Crippen molar-refractivity contribution in [3.8, 4) is 0 Å². The normalized spacial score (nSPS) is 34.8. The molecule has 10 heavy (non-hydrogen) atoms. The van der Waals surface area contributed by atoms with Gasteiger partial charge < -0.3 is 5.21 Å². The van der Waals surface area contributed by atoms with Crippen LogP contribution in [0.5, 0.6) is 0 Å². The van der Waals surface area contributed by atoms with E-state index in [1.165, 1.54) is 17.9 Å². The third kappa shape index (κ3) is 2.36. The quantitative estimate of drug-likeness (QED) is 0.440. The van der Waals surface area contributed by atoms with Gasteiger partial charge in [0.25, 0.3) is 0 Å². The zero-order valence-electron chi connectivity index (χ0n) is 6.26. The maximum atomic E-state index is 9.09. The molecule has 1 fully saturated rings. The van der Waals surface area contributed by atoms with Crippen molar-refractivity contribution < 1.29 is 5.21 Å². The van der Waals surface area contributed by atoms with Crippen LogP contribution >= 0.6 is 22.6 Å². The molecule has 1 N–H and O–H groups in total. The molecule has 1 aliphatic rings. The summed E-state index contributed by atoms with van der Waals surface area (Å²) in [5.41, 5.74) is 0. The zero-order chi connectivity index (χ0) is 7.56. The summed E-state index contributed by atoms with van der Waals surface area (Å²) in [4.78, 5) is 0. The molecule has 0 saturated heterocycles. The molecule has 0 heterocycles. The minimum absolute atomic E-state index is 0.422. The average Bonchev–Trinajstić information content (AvgIpc) is 1.88. The lowest BCUT2D eigenvalue weighted by Crippen LogP contribution is -2.32. The summed E-state index contributed by atoms with van der Waals surface area (Å²) < 4.78 is 0.841. The van der Waals surface area contributed by atoms with Gasteiger partial charge in [-0.25, -0.2) is 0 Å². The minimum Gasteiger partial charge on any atom is -0.314 e. The lowest BCUT2D eigenvalue weighted by Gasteiger charge is -2.28. The number of hydrogen-bond donors (Lipinski definition) is 1. The summed E-state index contributed by atoms with van der Waals surface area (Å²) in [6.45, 7) is 0. The summed E-state index contributed by atoms with van der Waals surface area (Å²) in [5.74, 6) is 0. The monoisotopic (exact) mass is 255 g/mol. The first-order chi connectivity index (χ1) is 4.70. The fourth-order valence-electron chi connectivity index (χ4n) is 1.41. The maximum Gasteiger partial charge on any atom is 0.0347 e. The van der Waals surface area contributed by atoms with Crippen LogP contribution in [0.25, 0.3) is 0 Å². The molecule has 3 heteroatoms. The number of hydrogen-bond acceptors (Lipinski definition) is 2. The lowest BCUT2D eigenvalue weighted by molar-refractivity contribution is -0.110. The average molecular weight is 255 g/mol. The summed E-state index contributed by atoms with van der Waals surface area (Å²) in [7, 11) is 1.75. The summed E-state index contributed by atoms with van der Waals surface area (Å²) in [6.07, 6.45) is 4.83. The summed E-state index contributed by atoms with van der Waals surface area (Å²) in [6, 6.07) is 0.422. The Morgan fingerprint density at radius 3 is 2.20 bits per heavy atom. The molecule has 60 valence electrons. The van der Waals surface area contributed by atoms with Crippen LogP contribution in [0.1, 0.15) is 25.7 Å². The van der Waals surface area contributed by atoms with E-state index in [1.54, 1.807) is 7.05 Å². The highest BCUT2D eigenvalue weighted by Gasteiger charge is 2.20. The molecule has 0 aromatic rings. The fourth-order valence-corrected chi connectivity index (χ4v) is 2.13. The fraction of sp³-hybridized carbons (Fsp3) is 1.00. The van der Waals surface area contributed by atoms with Crippen molar-refractivity contribution in [3.63, 3.8) is 0 Å². The standard InChI is InChI=1S/C7H14INO/c1-9(10)7-4-2-6(8)3-5-7/h6-7,10H,2-5H2,1H3. The molecular weight excluding hydrogens is 241 g/mol. The first-order valence-corrected chi connectivity index (χ1v) is 5.00. The van der Waals surface area contributed by atoms with Gasteiger partial charge in [-0.05, 0) is 25.7 Å². The molecule has 0 atom stereocenters. The van der Waals surface area contributed by atoms with Gasteiger partial charge in [-0.3, -0.25) is 0 Å². The maximum absolute atomic E-state index is 9.09. The van der Waals surface area contributed by atoms with Gasteiger partial charge in [0.15, 0.2) is 0 Å². The Bertz CT molecular complexity index is 99.8. The molecule has 0 amide bonds. The smallest absolute Gasteiger partial charge is 0.0347 e. The Morgan fingerprint density at radius 1 is 1.30 bits per heavy atom. The molecule has 1 aliphatic carbocycles. The van der Waals surface area contributed by atoms with E-state index in [9.17, 15) is 0 Å². The van der Waals surface area contributed by atoms with Gasteiger partial charge in [0.2, 0.25) is 0 Å². The SMILES string of the molecule is CN(O)C1CCC(I)CC1. The molecule has 0 radical (unpaired) electrons. The number of alkyl halides is 1. The Kier molecular flexibility index (Phi) is 3.39. The van der Waals surface area contributed by atoms with E-state index in [1.807, 2.05) is 0 Å². The topological polar surface area (TPSA) is 23.5 Å². The molecule has 0 bridgehead atoms. The summed E-state index contributed by atoms with van der Waals surface area (Å²) in [5, 5.41) is 10.5. The van der Waals surface area contributed by atoms with Crippen LogP contribution in [0, 0.1) is 0 Å². The van der Waals surface area contributed by atoms with Crippen LogP contribution in [0.3, 0.4) is 0 Å². The second-order valence-corrected chi connectivity index (χ2v) is 4.74. The van der Waals surface area contributed by atoms with Crippen LogP contribution in [-0.4, -0.2) is 27.3 Å². The van der Waals surface area contributed by atoms with Crippen LogP contribution in [0.2, 0.25) is 0 Å². The van der Waals surface area contributed by atoms with Crippen molar-refractivity contribution >= 4 is 22.6 Å². The zero-order valence-corrected chi connectivity index (χ0v) is 8.41. The third-order valence-corrected chi connectivity index (χ3v) is 3.40. The van der Waals surface area contributed by atoms with Crippen LogP contribution < -0.4 is 0 Å². The number of halogens is 1. The molecular formula is C7H14INO. The van der Waals surface area contributed by atoms with E-state index >= 15 is 0 Å². The molecule has 1 saturated carbocycles. The van der Waals surface area contributed by atoms with Crippen molar-refractivity contribution in [2.45, 2.75) is 35.6 Å². The van der Waals surface area contributed by atoms with Gasteiger partial charge in [-0.15, -0.1) is 0 Å². The predicted molar refractivity (Wildman–Crippen MR) is 49.6 cm³/mol. The van der Waals surface area contributed by atoms with E-state index < -0.39 is 0 Å². The van der Waals surface area contributed by atoms with Crippen molar-refractivity contribution in [2.24, 2.45) is 0 Å². The first kappa shape index (κ1) is 8.74. The first-order valence-electron chi connectivity index (χ1n) is 3.76. The van der Waals surface area contributed by atoms with E-state index in [2.05, 4.69) is 22.6 Å². The second kappa shape index (κ2) is 3.88. The van der Waals surface area contributed by atoms with Gasteiger partial charge in [0.05, 0.1) is 0 Å². The second-order valence-electron chi connectivity index (χ2n) is 2.98. The molecule has 0 unspecified atom stereocenters. The Balaban J connectivity index is 2.26. The number of nitrogens with zero attached hydrogens (tertiary/aromatic N) is 1. The van der Waals surface area contributed by atoms with Crippen LogP contribution in [-0.2, 0) is 0 Å². The van der Waals surface area contributed by atoms with E-state index in [-0.39, 0.29) is 0 Å². The predicted octanol–water partition coefficient (Wildman–Crippen LogP) is 2.05. The third-order valence-electron chi connectivity index (χ3n) is 2.15.